The number of nitrogens with zero attached hydrogens (tertiary/aromatic N) is 2. The van der Waals surface area contributed by atoms with Crippen LogP contribution in [0.2, 0.25) is 0 Å². The summed E-state index contributed by atoms with van der Waals surface area (Å²) in [6, 6.07) is 3.57. The molecule has 0 radical (unpaired) electrons. The van der Waals surface area contributed by atoms with Gasteiger partial charge in [-0.2, -0.15) is 9.97 Å². The van der Waals surface area contributed by atoms with Gasteiger partial charge in [-0.05, 0) is 18.2 Å². The van der Waals surface area contributed by atoms with E-state index in [2.05, 4.69) is 25.3 Å². The Morgan fingerprint density at radius 3 is 2.03 bits per heavy atom. The second-order valence-corrected chi connectivity index (χ2v) is 7.37. The zero-order chi connectivity index (χ0) is 23.2. The number of ether oxygens (including phenoxy) is 3. The summed E-state index contributed by atoms with van der Waals surface area (Å²) in [4.78, 5) is 42.6. The Balaban J connectivity index is 0.00000512. The normalized spacial score (nSPS) is 10.2. The van der Waals surface area contributed by atoms with E-state index < -0.39 is 32.8 Å². The fourth-order valence-corrected chi connectivity index (χ4v) is 3.41. The molecule has 1 aromatic heterocycles. The molecule has 15 heteroatoms. The molecule has 0 aliphatic carbocycles. The quantitative estimate of drug-likeness (QED) is 0.366. The Kier molecular flexibility index (Phi) is 9.83. The number of esters is 1. The first kappa shape index (κ1) is 27.1. The molecule has 13 nitrogen and oxygen atoms in total. The van der Waals surface area contributed by atoms with Gasteiger partial charge in [-0.25, -0.2) is 22.7 Å². The molecule has 0 aliphatic heterocycles. The van der Waals surface area contributed by atoms with Crippen LogP contribution in [0.1, 0.15) is 17.3 Å². The third kappa shape index (κ3) is 7.05. The molecule has 0 bridgehead atoms. The molecular formula is C17H20N5NaO8S. The van der Waals surface area contributed by atoms with E-state index in [0.29, 0.717) is 0 Å². The summed E-state index contributed by atoms with van der Waals surface area (Å²) in [5, 5.41) is 4.52. The first-order valence-electron chi connectivity index (χ1n) is 8.40. The van der Waals surface area contributed by atoms with Crippen LogP contribution in [-0.2, 0) is 19.6 Å². The number of hydrogen-bond donors (Lipinski definition) is 3. The van der Waals surface area contributed by atoms with Gasteiger partial charge in [-0.3, -0.25) is 10.1 Å². The van der Waals surface area contributed by atoms with E-state index in [0.717, 1.165) is 19.2 Å². The molecule has 1 aromatic carbocycles. The number of methoxy groups -OCH3 is 3. The molecule has 0 fully saturated rings. The molecule has 2 rings (SSSR count). The van der Waals surface area contributed by atoms with Crippen molar-refractivity contribution in [2.45, 2.75) is 11.8 Å². The van der Waals surface area contributed by atoms with Crippen LogP contribution in [0.5, 0.6) is 11.8 Å². The number of aromatic nitrogens is 2. The molecular weight excluding hydrogens is 457 g/mol. The van der Waals surface area contributed by atoms with Gasteiger partial charge >= 0.3 is 41.6 Å². The molecule has 0 atom stereocenters. The molecule has 2 aromatic rings. The van der Waals surface area contributed by atoms with Gasteiger partial charge in [-0.1, -0.05) is 0 Å². The molecule has 0 saturated carbocycles. The summed E-state index contributed by atoms with van der Waals surface area (Å²) in [5.41, 5.74) is -0.266. The first-order valence-corrected chi connectivity index (χ1v) is 9.88. The molecule has 0 aliphatic rings. The Morgan fingerprint density at radius 2 is 1.53 bits per heavy atom. The van der Waals surface area contributed by atoms with Crippen LogP contribution in [-0.4, -0.2) is 87.2 Å². The van der Waals surface area contributed by atoms with Gasteiger partial charge in [0, 0.05) is 12.6 Å². The number of carbonyl (C=O) groups excluding carboxylic acids is 3. The average molecular weight is 477 g/mol. The minimum atomic E-state index is -4.59. The molecule has 3 N–H and O–H groups in total. The summed E-state index contributed by atoms with van der Waals surface area (Å²) in [5.74, 6) is -1.62. The van der Waals surface area contributed by atoms with Crippen LogP contribution in [0.25, 0.3) is 0 Å². The average Bonchev–Trinajstić information content (AvgIpc) is 2.71. The summed E-state index contributed by atoms with van der Waals surface area (Å²) in [6.07, 6.45) is 0. The fourth-order valence-electron chi connectivity index (χ4n) is 2.28. The van der Waals surface area contributed by atoms with Crippen molar-refractivity contribution in [3.63, 3.8) is 0 Å². The van der Waals surface area contributed by atoms with Crippen molar-refractivity contribution in [3.8, 4) is 11.8 Å². The summed E-state index contributed by atoms with van der Waals surface area (Å²) in [7, 11) is -0.872. The number of urea groups is 1. The van der Waals surface area contributed by atoms with Gasteiger partial charge in [0.05, 0.1) is 33.0 Å². The van der Waals surface area contributed by atoms with Crippen molar-refractivity contribution < 1.29 is 37.0 Å². The van der Waals surface area contributed by atoms with Gasteiger partial charge in [0.15, 0.2) is 0 Å². The van der Waals surface area contributed by atoms with Crippen LogP contribution in [0.4, 0.5) is 16.4 Å². The molecule has 0 unspecified atom stereocenters. The monoisotopic (exact) mass is 477 g/mol. The Morgan fingerprint density at radius 1 is 0.938 bits per heavy atom. The topological polar surface area (TPSA) is 175 Å². The van der Waals surface area contributed by atoms with Crippen molar-refractivity contribution in [3.05, 3.63) is 29.8 Å². The summed E-state index contributed by atoms with van der Waals surface area (Å²) < 4.78 is 41.7. The first-order chi connectivity index (χ1) is 14.6. The van der Waals surface area contributed by atoms with Crippen LogP contribution in [0, 0.1) is 0 Å². The number of hydrogen-bond acceptors (Lipinski definition) is 10. The maximum absolute atomic E-state index is 12.8. The van der Waals surface area contributed by atoms with E-state index in [1.807, 2.05) is 0 Å². The zero-order valence-corrected chi connectivity index (χ0v) is 17.7. The second kappa shape index (κ2) is 11.6. The van der Waals surface area contributed by atoms with Crippen LogP contribution in [0.15, 0.2) is 29.2 Å². The third-order valence-electron chi connectivity index (χ3n) is 3.55. The Hall–Kier alpha value is -2.94. The van der Waals surface area contributed by atoms with E-state index in [9.17, 15) is 22.8 Å². The van der Waals surface area contributed by atoms with Crippen molar-refractivity contribution in [2.24, 2.45) is 0 Å². The molecule has 32 heavy (non-hydrogen) atoms. The Bertz CT molecular complexity index is 1100. The van der Waals surface area contributed by atoms with Crippen molar-refractivity contribution in [1.82, 2.24) is 14.7 Å². The number of amides is 3. The van der Waals surface area contributed by atoms with E-state index in [1.165, 1.54) is 33.3 Å². The van der Waals surface area contributed by atoms with E-state index in [4.69, 9.17) is 9.47 Å². The minimum absolute atomic E-state index is 0. The van der Waals surface area contributed by atoms with Gasteiger partial charge in [0.25, 0.3) is 10.0 Å². The number of rotatable bonds is 7. The van der Waals surface area contributed by atoms with Crippen molar-refractivity contribution >= 4 is 69.1 Å². The van der Waals surface area contributed by atoms with Gasteiger partial charge < -0.3 is 19.5 Å². The van der Waals surface area contributed by atoms with E-state index in [1.54, 1.807) is 4.72 Å². The standard InChI is InChI=1S/C17H19N5O8S.Na.H/c1-9(23)18-10-5-6-11(15(24)30-4)12(7-10)31(26,27)22-17(25)21-16-19-13(28-2)8-14(20-16)29-3;;/h5-8H,1-4H3,(H,18,23)(H2,19,20,21,22,25);;. The van der Waals surface area contributed by atoms with Gasteiger partial charge in [0.2, 0.25) is 23.6 Å². The zero-order valence-electron chi connectivity index (χ0n) is 16.9. The summed E-state index contributed by atoms with van der Waals surface area (Å²) >= 11 is 0. The molecule has 0 saturated heterocycles. The van der Waals surface area contributed by atoms with E-state index in [-0.39, 0.29) is 58.5 Å². The number of nitrogens with one attached hydrogen (secondary N) is 3. The fraction of sp³-hybridized carbons (Fsp3) is 0.235. The third-order valence-corrected chi connectivity index (χ3v) is 4.92. The molecule has 1 heterocycles. The van der Waals surface area contributed by atoms with Gasteiger partial charge in [0.1, 0.15) is 4.90 Å². The van der Waals surface area contributed by atoms with Crippen LogP contribution in [0.3, 0.4) is 0 Å². The van der Waals surface area contributed by atoms with E-state index >= 15 is 0 Å². The number of benzene rings is 1. The predicted molar refractivity (Wildman–Crippen MR) is 114 cm³/mol. The SMILES string of the molecule is COC(=O)c1ccc(NC(C)=O)cc1S(=O)(=O)NC(=O)Nc1nc(OC)cc(OC)n1.[NaH]. The van der Waals surface area contributed by atoms with Gasteiger partial charge in [-0.15, -0.1) is 0 Å². The number of anilines is 2. The molecule has 168 valence electrons. The maximum atomic E-state index is 12.8. The van der Waals surface area contributed by atoms with Crippen LogP contribution >= 0.6 is 0 Å². The second-order valence-electron chi connectivity index (χ2n) is 5.72. The van der Waals surface area contributed by atoms with Crippen LogP contribution < -0.4 is 24.8 Å². The number of sulfonamides is 1. The predicted octanol–water partition coefficient (Wildman–Crippen LogP) is 0.101. The summed E-state index contributed by atoms with van der Waals surface area (Å²) in [6.45, 7) is 1.22. The number of carbonyl (C=O) groups is 3. The molecule has 0 spiro atoms. The Labute approximate surface area is 205 Å². The van der Waals surface area contributed by atoms with Crippen molar-refractivity contribution in [1.29, 1.82) is 0 Å². The molecule has 3 amide bonds. The van der Waals surface area contributed by atoms with Crippen molar-refractivity contribution in [2.75, 3.05) is 32.0 Å².